The summed E-state index contributed by atoms with van der Waals surface area (Å²) in [7, 11) is 0. The van der Waals surface area contributed by atoms with E-state index in [-0.39, 0.29) is 0 Å². The summed E-state index contributed by atoms with van der Waals surface area (Å²) in [5, 5.41) is 5.53. The smallest absolute Gasteiger partial charge is 0.137 e. The Morgan fingerprint density at radius 3 is 2.26 bits per heavy atom. The number of hydrogen-bond acceptors (Lipinski definition) is 2. The number of aromatic nitrogens is 1. The first kappa shape index (κ1) is 23.1. The highest BCUT2D eigenvalue weighted by Gasteiger charge is 2.39. The van der Waals surface area contributed by atoms with Crippen molar-refractivity contribution in [3.05, 3.63) is 142 Å². The summed E-state index contributed by atoms with van der Waals surface area (Å²) in [5.74, 6) is 0. The molecule has 35 heavy (non-hydrogen) atoms. The average molecular weight is 479 g/mol. The van der Waals surface area contributed by atoms with Gasteiger partial charge < -0.3 is 9.78 Å². The lowest BCUT2D eigenvalue weighted by Gasteiger charge is -2.39. The zero-order valence-electron chi connectivity index (χ0n) is 19.5. The van der Waals surface area contributed by atoms with Crippen LogP contribution in [0.4, 0.5) is 0 Å². The van der Waals surface area contributed by atoms with Crippen molar-refractivity contribution in [3.63, 3.8) is 0 Å². The Morgan fingerprint density at radius 2 is 1.51 bits per heavy atom. The first-order valence-electron chi connectivity index (χ1n) is 11.8. The molecular weight excluding hydrogens is 452 g/mol. The number of H-pyrrole nitrogens is 1. The molecule has 1 aromatic heterocycles. The van der Waals surface area contributed by atoms with E-state index in [4.69, 9.17) is 11.6 Å². The number of benzene rings is 4. The SMILES string of the molecule is Cc1ccc(C(N[C@H](C=O)Cc2c[nH]c3ccccc23)(c2ccccc2)c2ccccc2Cl)cc1. The number of halogens is 1. The molecule has 2 atom stereocenters. The van der Waals surface area contributed by atoms with Crippen molar-refractivity contribution in [1.82, 2.24) is 10.3 Å². The molecule has 0 aliphatic rings. The average Bonchev–Trinajstić information content (AvgIpc) is 3.31. The molecule has 0 radical (unpaired) electrons. The third-order valence-electron chi connectivity index (χ3n) is 6.65. The van der Waals surface area contributed by atoms with Gasteiger partial charge in [-0.3, -0.25) is 5.32 Å². The van der Waals surface area contributed by atoms with Crippen LogP contribution in [0.15, 0.2) is 109 Å². The van der Waals surface area contributed by atoms with E-state index in [1.54, 1.807) is 0 Å². The van der Waals surface area contributed by atoms with Gasteiger partial charge in [0, 0.05) is 22.1 Å². The van der Waals surface area contributed by atoms with Crippen molar-refractivity contribution >= 4 is 28.8 Å². The molecule has 1 unspecified atom stereocenters. The summed E-state index contributed by atoms with van der Waals surface area (Å²) >= 11 is 6.85. The van der Waals surface area contributed by atoms with E-state index in [0.29, 0.717) is 11.4 Å². The van der Waals surface area contributed by atoms with Crippen molar-refractivity contribution in [2.45, 2.75) is 24.9 Å². The van der Waals surface area contributed by atoms with Crippen molar-refractivity contribution in [2.75, 3.05) is 0 Å². The van der Waals surface area contributed by atoms with Crippen LogP contribution in [0.1, 0.15) is 27.8 Å². The number of hydrogen-bond donors (Lipinski definition) is 2. The number of carbonyl (C=O) groups excluding carboxylic acids is 1. The number of nitrogens with one attached hydrogen (secondary N) is 2. The third-order valence-corrected chi connectivity index (χ3v) is 6.98. The minimum atomic E-state index is -0.828. The first-order valence-corrected chi connectivity index (χ1v) is 12.2. The zero-order valence-corrected chi connectivity index (χ0v) is 20.3. The first-order chi connectivity index (χ1) is 17.1. The topological polar surface area (TPSA) is 44.9 Å². The highest BCUT2D eigenvalue weighted by atomic mass is 35.5. The molecule has 5 aromatic rings. The van der Waals surface area contributed by atoms with Crippen LogP contribution in [0.25, 0.3) is 10.9 Å². The molecule has 174 valence electrons. The number of aryl methyl sites for hydroxylation is 1. The molecule has 0 aliphatic heterocycles. The Bertz CT molecular complexity index is 1440. The fourth-order valence-electron chi connectivity index (χ4n) is 4.93. The van der Waals surface area contributed by atoms with Crippen molar-refractivity contribution in [3.8, 4) is 0 Å². The van der Waals surface area contributed by atoms with E-state index in [1.165, 1.54) is 5.56 Å². The Kier molecular flexibility index (Phi) is 6.54. The van der Waals surface area contributed by atoms with Crippen molar-refractivity contribution in [2.24, 2.45) is 0 Å². The van der Waals surface area contributed by atoms with E-state index in [2.05, 4.69) is 59.7 Å². The van der Waals surface area contributed by atoms with E-state index in [1.807, 2.05) is 66.9 Å². The largest absolute Gasteiger partial charge is 0.361 e. The van der Waals surface area contributed by atoms with Gasteiger partial charge in [0.25, 0.3) is 0 Å². The molecule has 0 saturated heterocycles. The summed E-state index contributed by atoms with van der Waals surface area (Å²) in [4.78, 5) is 15.9. The number of carbonyl (C=O) groups is 1. The van der Waals surface area contributed by atoms with Gasteiger partial charge in [-0.1, -0.05) is 108 Å². The summed E-state index contributed by atoms with van der Waals surface area (Å²) < 4.78 is 0. The number of aldehydes is 1. The van der Waals surface area contributed by atoms with Crippen molar-refractivity contribution < 1.29 is 4.79 Å². The second-order valence-electron chi connectivity index (χ2n) is 8.91. The lowest BCUT2D eigenvalue weighted by Crippen LogP contribution is -2.51. The minimum absolute atomic E-state index is 0.466. The molecule has 4 heteroatoms. The highest BCUT2D eigenvalue weighted by Crippen LogP contribution is 2.41. The third kappa shape index (κ3) is 4.41. The van der Waals surface area contributed by atoms with Gasteiger partial charge in [-0.25, -0.2) is 0 Å². The molecule has 1 heterocycles. The Balaban J connectivity index is 1.68. The van der Waals surface area contributed by atoms with E-state index >= 15 is 0 Å². The Labute approximate surface area is 210 Å². The monoisotopic (exact) mass is 478 g/mol. The fourth-order valence-corrected chi connectivity index (χ4v) is 5.21. The molecule has 0 fully saturated rings. The summed E-state index contributed by atoms with van der Waals surface area (Å²) in [6, 6.07) is 34.2. The minimum Gasteiger partial charge on any atom is -0.361 e. The van der Waals surface area contributed by atoms with Gasteiger partial charge in [-0.15, -0.1) is 0 Å². The van der Waals surface area contributed by atoms with Crippen LogP contribution in [-0.4, -0.2) is 17.3 Å². The van der Waals surface area contributed by atoms with Gasteiger partial charge >= 0.3 is 0 Å². The van der Waals surface area contributed by atoms with Crippen LogP contribution in [-0.2, 0) is 16.8 Å². The van der Waals surface area contributed by atoms with E-state index in [9.17, 15) is 4.79 Å². The molecule has 0 spiro atoms. The van der Waals surface area contributed by atoms with Crippen LogP contribution in [0.3, 0.4) is 0 Å². The predicted octanol–water partition coefficient (Wildman–Crippen LogP) is 6.82. The molecule has 0 bridgehead atoms. The summed E-state index contributed by atoms with van der Waals surface area (Å²) in [6.45, 7) is 2.07. The van der Waals surface area contributed by atoms with Crippen molar-refractivity contribution in [1.29, 1.82) is 0 Å². The normalized spacial score (nSPS) is 13.9. The van der Waals surface area contributed by atoms with Crippen LogP contribution in [0.5, 0.6) is 0 Å². The Hall–Kier alpha value is -3.66. The fraction of sp³-hybridized carbons (Fsp3) is 0.129. The molecule has 0 saturated carbocycles. The van der Waals surface area contributed by atoms with Crippen LogP contribution in [0.2, 0.25) is 5.02 Å². The van der Waals surface area contributed by atoms with E-state index < -0.39 is 11.6 Å². The molecule has 0 aliphatic carbocycles. The van der Waals surface area contributed by atoms with Gasteiger partial charge in [0.2, 0.25) is 0 Å². The summed E-state index contributed by atoms with van der Waals surface area (Å²) in [6.07, 6.45) is 3.54. The summed E-state index contributed by atoms with van der Waals surface area (Å²) in [5.41, 5.74) is 5.44. The quantitative estimate of drug-likeness (QED) is 0.190. The molecule has 4 aromatic carbocycles. The second kappa shape index (κ2) is 9.91. The lowest BCUT2D eigenvalue weighted by molar-refractivity contribution is -0.109. The lowest BCUT2D eigenvalue weighted by atomic mass is 9.76. The van der Waals surface area contributed by atoms with E-state index in [0.717, 1.165) is 39.4 Å². The molecule has 2 N–H and O–H groups in total. The maximum atomic E-state index is 12.6. The molecule has 5 rings (SSSR count). The molecular formula is C31H27ClN2O. The molecule has 0 amide bonds. The zero-order chi connectivity index (χ0) is 24.3. The number of fused-ring (bicyclic) bond motifs is 1. The number of aromatic amines is 1. The van der Waals surface area contributed by atoms with Crippen LogP contribution < -0.4 is 5.32 Å². The highest BCUT2D eigenvalue weighted by molar-refractivity contribution is 6.31. The van der Waals surface area contributed by atoms with Gasteiger partial charge in [0.1, 0.15) is 6.29 Å². The maximum Gasteiger partial charge on any atom is 0.137 e. The number of rotatable bonds is 8. The standard InChI is InChI=1S/C31H27ClN2O/c1-22-15-17-25(18-16-22)31(24-9-3-2-4-10-24,28-12-6-7-13-29(28)32)34-26(21-35)19-23-20-33-30-14-8-5-11-27(23)30/h2-18,20-21,26,33-34H,19H2,1H3/t26-,31?/m0/s1. The van der Waals surface area contributed by atoms with Crippen LogP contribution >= 0.6 is 11.6 Å². The number of para-hydroxylation sites is 1. The maximum absolute atomic E-state index is 12.6. The van der Waals surface area contributed by atoms with Gasteiger partial charge in [-0.2, -0.15) is 0 Å². The van der Waals surface area contributed by atoms with Gasteiger partial charge in [0.05, 0.1) is 11.6 Å². The van der Waals surface area contributed by atoms with Gasteiger partial charge in [0.15, 0.2) is 0 Å². The molecule has 3 nitrogen and oxygen atoms in total. The predicted molar refractivity (Wildman–Crippen MR) is 144 cm³/mol. The van der Waals surface area contributed by atoms with Crippen LogP contribution in [0, 0.1) is 6.92 Å². The Morgan fingerprint density at radius 1 is 0.857 bits per heavy atom. The van der Waals surface area contributed by atoms with Gasteiger partial charge in [-0.05, 0) is 47.7 Å². The second-order valence-corrected chi connectivity index (χ2v) is 9.32.